The predicted molar refractivity (Wildman–Crippen MR) is 84.8 cm³/mol. The first kappa shape index (κ1) is 14.7. The van der Waals surface area contributed by atoms with E-state index in [1.807, 2.05) is 11.3 Å². The fourth-order valence-corrected chi connectivity index (χ4v) is 3.72. The van der Waals surface area contributed by atoms with Crippen LogP contribution < -0.4 is 5.32 Å². The van der Waals surface area contributed by atoms with Crippen molar-refractivity contribution in [2.24, 2.45) is 5.92 Å². The van der Waals surface area contributed by atoms with E-state index in [2.05, 4.69) is 41.2 Å². The van der Waals surface area contributed by atoms with Gasteiger partial charge in [-0.2, -0.15) is 0 Å². The SMILES string of the molecule is CCC(CCO)CNCc1cc(-c2cccs2)cs1. The van der Waals surface area contributed by atoms with Crippen LogP contribution in [-0.2, 0) is 6.54 Å². The molecular weight excluding hydrogens is 274 g/mol. The molecule has 0 aliphatic heterocycles. The lowest BCUT2D eigenvalue weighted by molar-refractivity contribution is 0.251. The summed E-state index contributed by atoms with van der Waals surface area (Å²) in [6, 6.07) is 6.53. The Bertz CT molecular complexity index is 464. The molecule has 2 aromatic rings. The van der Waals surface area contributed by atoms with E-state index >= 15 is 0 Å². The Morgan fingerprint density at radius 3 is 2.95 bits per heavy atom. The topological polar surface area (TPSA) is 32.3 Å². The molecule has 2 heterocycles. The Morgan fingerprint density at radius 1 is 1.37 bits per heavy atom. The van der Waals surface area contributed by atoms with Gasteiger partial charge < -0.3 is 10.4 Å². The molecule has 0 fully saturated rings. The number of hydrogen-bond donors (Lipinski definition) is 2. The Labute approximate surface area is 123 Å². The quantitative estimate of drug-likeness (QED) is 0.772. The Hall–Kier alpha value is -0.680. The summed E-state index contributed by atoms with van der Waals surface area (Å²) in [6.07, 6.45) is 2.02. The van der Waals surface area contributed by atoms with Gasteiger partial charge in [0, 0.05) is 28.5 Å². The molecule has 2 N–H and O–H groups in total. The minimum atomic E-state index is 0.293. The first-order valence-corrected chi connectivity index (χ1v) is 8.52. The Morgan fingerprint density at radius 2 is 2.26 bits per heavy atom. The highest BCUT2D eigenvalue weighted by Gasteiger charge is 2.06. The van der Waals surface area contributed by atoms with Gasteiger partial charge in [0.15, 0.2) is 0 Å². The second-order valence-corrected chi connectivity index (χ2v) is 6.64. The first-order valence-electron chi connectivity index (χ1n) is 6.76. The third-order valence-corrected chi connectivity index (χ3v) is 5.16. The van der Waals surface area contributed by atoms with E-state index in [0.29, 0.717) is 12.5 Å². The zero-order chi connectivity index (χ0) is 13.5. The fourth-order valence-electron chi connectivity index (χ4n) is 2.08. The summed E-state index contributed by atoms with van der Waals surface area (Å²) in [4.78, 5) is 2.72. The normalized spacial score (nSPS) is 12.7. The van der Waals surface area contributed by atoms with Crippen LogP contribution >= 0.6 is 22.7 Å². The Balaban J connectivity index is 1.80. The van der Waals surface area contributed by atoms with Crippen molar-refractivity contribution >= 4 is 22.7 Å². The number of aliphatic hydroxyl groups excluding tert-OH is 1. The van der Waals surface area contributed by atoms with Gasteiger partial charge in [0.05, 0.1) is 0 Å². The van der Waals surface area contributed by atoms with Gasteiger partial charge in [-0.1, -0.05) is 19.4 Å². The molecule has 0 aromatic carbocycles. The molecular formula is C15H21NOS2. The molecule has 0 radical (unpaired) electrons. The number of nitrogens with one attached hydrogen (secondary N) is 1. The first-order chi connectivity index (χ1) is 9.33. The van der Waals surface area contributed by atoms with Crippen molar-refractivity contribution in [1.29, 1.82) is 0 Å². The molecule has 0 bridgehead atoms. The van der Waals surface area contributed by atoms with Crippen LogP contribution in [0, 0.1) is 5.92 Å². The average Bonchev–Trinajstić information content (AvgIpc) is 3.08. The highest BCUT2D eigenvalue weighted by Crippen LogP contribution is 2.29. The largest absolute Gasteiger partial charge is 0.396 e. The van der Waals surface area contributed by atoms with Crippen molar-refractivity contribution in [3.05, 3.63) is 33.8 Å². The van der Waals surface area contributed by atoms with Gasteiger partial charge >= 0.3 is 0 Å². The summed E-state index contributed by atoms with van der Waals surface area (Å²) < 4.78 is 0. The van der Waals surface area contributed by atoms with Crippen molar-refractivity contribution in [1.82, 2.24) is 5.32 Å². The van der Waals surface area contributed by atoms with Gasteiger partial charge in [-0.05, 0) is 41.8 Å². The van der Waals surface area contributed by atoms with Crippen molar-refractivity contribution in [3.63, 3.8) is 0 Å². The molecule has 19 heavy (non-hydrogen) atoms. The van der Waals surface area contributed by atoms with Gasteiger partial charge in [-0.15, -0.1) is 22.7 Å². The molecule has 104 valence electrons. The van der Waals surface area contributed by atoms with E-state index in [1.54, 1.807) is 11.3 Å². The van der Waals surface area contributed by atoms with Gasteiger partial charge in [-0.25, -0.2) is 0 Å². The third kappa shape index (κ3) is 4.42. The standard InChI is InChI=1S/C15H21NOS2/c1-2-12(5-6-17)9-16-10-14-8-13(11-19-14)15-4-3-7-18-15/h3-4,7-8,11-12,16-17H,2,5-6,9-10H2,1H3. The second kappa shape index (κ2) is 7.80. The number of hydrogen-bond acceptors (Lipinski definition) is 4. The van der Waals surface area contributed by atoms with E-state index in [9.17, 15) is 0 Å². The summed E-state index contributed by atoms with van der Waals surface area (Å²) in [5.74, 6) is 0.585. The lowest BCUT2D eigenvalue weighted by Gasteiger charge is -2.13. The summed E-state index contributed by atoms with van der Waals surface area (Å²) >= 11 is 3.60. The van der Waals surface area contributed by atoms with Crippen molar-refractivity contribution < 1.29 is 5.11 Å². The molecule has 2 aromatic heterocycles. The molecule has 0 aliphatic carbocycles. The zero-order valence-corrected chi connectivity index (χ0v) is 12.9. The highest BCUT2D eigenvalue weighted by molar-refractivity contribution is 7.14. The monoisotopic (exact) mass is 295 g/mol. The number of aliphatic hydroxyl groups is 1. The highest BCUT2D eigenvalue weighted by atomic mass is 32.1. The van der Waals surface area contributed by atoms with E-state index in [1.165, 1.54) is 15.3 Å². The van der Waals surface area contributed by atoms with Crippen LogP contribution in [0.25, 0.3) is 10.4 Å². The molecule has 1 unspecified atom stereocenters. The van der Waals surface area contributed by atoms with E-state index in [-0.39, 0.29) is 0 Å². The van der Waals surface area contributed by atoms with Crippen molar-refractivity contribution in [3.8, 4) is 10.4 Å². The Kier molecular flexibility index (Phi) is 6.04. The lowest BCUT2D eigenvalue weighted by Crippen LogP contribution is -2.22. The molecule has 0 amide bonds. The number of rotatable bonds is 8. The van der Waals surface area contributed by atoms with Gasteiger partial charge in [0.1, 0.15) is 0 Å². The second-order valence-electron chi connectivity index (χ2n) is 4.70. The molecule has 1 atom stereocenters. The predicted octanol–water partition coefficient (Wildman–Crippen LogP) is 3.97. The van der Waals surface area contributed by atoms with E-state index in [4.69, 9.17) is 5.11 Å². The third-order valence-electron chi connectivity index (χ3n) is 3.31. The maximum absolute atomic E-state index is 8.97. The van der Waals surface area contributed by atoms with Crippen molar-refractivity contribution in [2.75, 3.05) is 13.2 Å². The van der Waals surface area contributed by atoms with Crippen LogP contribution in [0.2, 0.25) is 0 Å². The minimum Gasteiger partial charge on any atom is -0.396 e. The molecule has 0 saturated carbocycles. The molecule has 0 aliphatic rings. The fraction of sp³-hybridized carbons (Fsp3) is 0.467. The summed E-state index contributed by atoms with van der Waals surface area (Å²) in [6.45, 7) is 4.39. The van der Waals surface area contributed by atoms with E-state index < -0.39 is 0 Å². The molecule has 2 rings (SSSR count). The maximum Gasteiger partial charge on any atom is 0.0434 e. The summed E-state index contributed by atoms with van der Waals surface area (Å²) in [7, 11) is 0. The van der Waals surface area contributed by atoms with Crippen LogP contribution in [0.15, 0.2) is 29.0 Å². The summed E-state index contributed by atoms with van der Waals surface area (Å²) in [5.41, 5.74) is 1.33. The molecule has 0 saturated heterocycles. The average molecular weight is 295 g/mol. The number of thiophene rings is 2. The minimum absolute atomic E-state index is 0.293. The maximum atomic E-state index is 8.97. The van der Waals surface area contributed by atoms with Crippen LogP contribution in [0.4, 0.5) is 0 Å². The molecule has 4 heteroatoms. The summed E-state index contributed by atoms with van der Waals surface area (Å²) in [5, 5.41) is 16.8. The van der Waals surface area contributed by atoms with Gasteiger partial charge in [0.2, 0.25) is 0 Å². The van der Waals surface area contributed by atoms with Gasteiger partial charge in [-0.3, -0.25) is 0 Å². The van der Waals surface area contributed by atoms with E-state index in [0.717, 1.165) is 25.9 Å². The van der Waals surface area contributed by atoms with Crippen molar-refractivity contribution in [2.45, 2.75) is 26.3 Å². The smallest absolute Gasteiger partial charge is 0.0434 e. The van der Waals surface area contributed by atoms with Crippen LogP contribution in [0.5, 0.6) is 0 Å². The zero-order valence-electron chi connectivity index (χ0n) is 11.3. The van der Waals surface area contributed by atoms with Gasteiger partial charge in [0.25, 0.3) is 0 Å². The lowest BCUT2D eigenvalue weighted by atomic mass is 10.0. The van der Waals surface area contributed by atoms with Crippen LogP contribution in [0.3, 0.4) is 0 Å². The van der Waals surface area contributed by atoms with Crippen LogP contribution in [0.1, 0.15) is 24.6 Å². The van der Waals surface area contributed by atoms with Crippen LogP contribution in [-0.4, -0.2) is 18.3 Å². The molecule has 2 nitrogen and oxygen atoms in total. The molecule has 0 spiro atoms.